The summed E-state index contributed by atoms with van der Waals surface area (Å²) in [5, 5.41) is 3.34. The van der Waals surface area contributed by atoms with E-state index in [0.29, 0.717) is 31.1 Å². The highest BCUT2D eigenvalue weighted by molar-refractivity contribution is 5.79. The maximum absolute atomic E-state index is 12.6. The molecule has 5 nitrogen and oxygen atoms in total. The molecule has 1 amide bonds. The van der Waals surface area contributed by atoms with Gasteiger partial charge in [0.2, 0.25) is 11.8 Å². The molecule has 0 bridgehead atoms. The quantitative estimate of drug-likeness (QED) is 0.616. The summed E-state index contributed by atoms with van der Waals surface area (Å²) in [6, 6.07) is 8.50. The van der Waals surface area contributed by atoms with Crippen LogP contribution in [0.15, 0.2) is 28.7 Å². The van der Waals surface area contributed by atoms with Crippen molar-refractivity contribution in [2.24, 2.45) is 11.8 Å². The molecule has 1 aromatic carbocycles. The number of amides is 1. The molecule has 2 saturated carbocycles. The molecule has 2 unspecified atom stereocenters. The van der Waals surface area contributed by atoms with E-state index >= 15 is 0 Å². The molecule has 4 rings (SSSR count). The van der Waals surface area contributed by atoms with Gasteiger partial charge < -0.3 is 14.5 Å². The van der Waals surface area contributed by atoms with Crippen molar-refractivity contribution in [2.75, 3.05) is 6.61 Å². The maximum atomic E-state index is 12.6. The van der Waals surface area contributed by atoms with Crippen molar-refractivity contribution in [1.29, 1.82) is 0 Å². The van der Waals surface area contributed by atoms with E-state index in [0.717, 1.165) is 49.1 Å². The van der Waals surface area contributed by atoms with Gasteiger partial charge in [-0.3, -0.25) is 4.79 Å². The zero-order valence-electron chi connectivity index (χ0n) is 19.0. The minimum Gasteiger partial charge on any atom is -0.441 e. The van der Waals surface area contributed by atoms with E-state index in [9.17, 15) is 4.79 Å². The summed E-state index contributed by atoms with van der Waals surface area (Å²) in [7, 11) is 0. The van der Waals surface area contributed by atoms with Gasteiger partial charge in [0.1, 0.15) is 11.5 Å². The average Bonchev–Trinajstić information content (AvgIpc) is 3.15. The first kappa shape index (κ1) is 22.1. The molecule has 2 atom stereocenters. The summed E-state index contributed by atoms with van der Waals surface area (Å²) < 4.78 is 11.9. The summed E-state index contributed by atoms with van der Waals surface area (Å²) in [6.45, 7) is 5.19. The molecule has 0 aliphatic heterocycles. The fraction of sp³-hybridized carbons (Fsp3) is 0.615. The van der Waals surface area contributed by atoms with Crippen LogP contribution in [-0.2, 0) is 16.1 Å². The van der Waals surface area contributed by atoms with Crippen LogP contribution in [-0.4, -0.2) is 23.5 Å². The molecule has 5 heteroatoms. The normalized spacial score (nSPS) is 22.4. The van der Waals surface area contributed by atoms with Crippen molar-refractivity contribution in [3.8, 4) is 11.5 Å². The topological polar surface area (TPSA) is 64.4 Å². The fourth-order valence-corrected chi connectivity index (χ4v) is 5.04. The highest BCUT2D eigenvalue weighted by Crippen LogP contribution is 2.28. The molecule has 168 valence electrons. The van der Waals surface area contributed by atoms with Gasteiger partial charge in [-0.1, -0.05) is 43.4 Å². The lowest BCUT2D eigenvalue weighted by Crippen LogP contribution is -2.42. The van der Waals surface area contributed by atoms with Crippen LogP contribution < -0.4 is 5.32 Å². The largest absolute Gasteiger partial charge is 0.441 e. The van der Waals surface area contributed by atoms with E-state index < -0.39 is 0 Å². The first-order chi connectivity index (χ1) is 15.1. The predicted octanol–water partition coefficient (Wildman–Crippen LogP) is 5.73. The number of nitrogens with zero attached hydrogens (tertiary/aromatic N) is 1. The van der Waals surface area contributed by atoms with Gasteiger partial charge in [-0.25, -0.2) is 4.98 Å². The molecular formula is C26H36N2O3. The van der Waals surface area contributed by atoms with Gasteiger partial charge in [-0.15, -0.1) is 0 Å². The van der Waals surface area contributed by atoms with Gasteiger partial charge in [-0.05, 0) is 64.0 Å². The number of aryl methyl sites for hydroxylation is 2. The van der Waals surface area contributed by atoms with Gasteiger partial charge in [-0.2, -0.15) is 0 Å². The Balaban J connectivity index is 1.24. The Morgan fingerprint density at radius 2 is 1.97 bits per heavy atom. The summed E-state index contributed by atoms with van der Waals surface area (Å²) in [5.74, 6) is 2.49. The molecule has 2 aromatic rings. The lowest BCUT2D eigenvalue weighted by Gasteiger charge is -2.31. The van der Waals surface area contributed by atoms with Crippen LogP contribution in [0.4, 0.5) is 0 Å². The van der Waals surface area contributed by atoms with E-state index in [2.05, 4.69) is 29.4 Å². The van der Waals surface area contributed by atoms with Crippen molar-refractivity contribution in [1.82, 2.24) is 10.3 Å². The molecule has 0 saturated heterocycles. The van der Waals surface area contributed by atoms with Crippen LogP contribution >= 0.6 is 0 Å². The maximum Gasteiger partial charge on any atom is 0.226 e. The monoisotopic (exact) mass is 424 g/mol. The first-order valence-electron chi connectivity index (χ1n) is 12.0. The Kier molecular flexibility index (Phi) is 7.44. The summed E-state index contributed by atoms with van der Waals surface area (Å²) in [5.41, 5.74) is 3.06. The van der Waals surface area contributed by atoms with E-state index in [-0.39, 0.29) is 11.8 Å². The van der Waals surface area contributed by atoms with E-state index in [4.69, 9.17) is 9.15 Å². The molecule has 1 heterocycles. The predicted molar refractivity (Wildman–Crippen MR) is 122 cm³/mol. The minimum atomic E-state index is 0.239. The molecule has 2 aliphatic carbocycles. The zero-order valence-corrected chi connectivity index (χ0v) is 19.0. The number of hydrogen-bond donors (Lipinski definition) is 1. The third-order valence-electron chi connectivity index (χ3n) is 6.86. The minimum absolute atomic E-state index is 0.239. The molecular weight excluding hydrogens is 388 g/mol. The Morgan fingerprint density at radius 3 is 2.77 bits per heavy atom. The number of ether oxygens (including phenoxy) is 1. The van der Waals surface area contributed by atoms with Crippen molar-refractivity contribution >= 4 is 5.91 Å². The second-order valence-electron chi connectivity index (χ2n) is 9.48. The molecule has 0 spiro atoms. The first-order valence-corrected chi connectivity index (χ1v) is 12.0. The average molecular weight is 425 g/mol. The third-order valence-corrected chi connectivity index (χ3v) is 6.86. The van der Waals surface area contributed by atoms with Crippen molar-refractivity contribution in [2.45, 2.75) is 84.3 Å². The lowest BCUT2D eigenvalue weighted by molar-refractivity contribution is -0.127. The second kappa shape index (κ2) is 10.4. The van der Waals surface area contributed by atoms with Gasteiger partial charge in [0.15, 0.2) is 0 Å². The molecule has 31 heavy (non-hydrogen) atoms. The van der Waals surface area contributed by atoms with Crippen molar-refractivity contribution in [3.05, 3.63) is 41.3 Å². The Morgan fingerprint density at radius 1 is 1.13 bits per heavy atom. The molecule has 1 N–H and O–H groups in total. The van der Waals surface area contributed by atoms with E-state index in [1.54, 1.807) is 0 Å². The molecule has 2 aliphatic rings. The molecule has 2 fully saturated rings. The number of rotatable bonds is 7. The summed E-state index contributed by atoms with van der Waals surface area (Å²) in [4.78, 5) is 17.2. The number of carbonyl (C=O) groups is 1. The standard InChI is InChI=1S/C26H36N2O3/c1-18-8-6-12-22(14-18)26-28-24(19(2)31-26)17-30-16-20-9-7-13-23(15-20)27-25(29)21-10-4-3-5-11-21/h6,8,12,14,20-21,23H,3-5,7,9-11,13,15-17H2,1-2H3,(H,27,29). The van der Waals surface area contributed by atoms with Gasteiger partial charge in [0.25, 0.3) is 0 Å². The Hall–Kier alpha value is -2.14. The zero-order chi connectivity index (χ0) is 21.6. The molecule has 1 aromatic heterocycles. The fourth-order valence-electron chi connectivity index (χ4n) is 5.04. The van der Waals surface area contributed by atoms with E-state index in [1.165, 1.54) is 31.2 Å². The number of oxazole rings is 1. The Bertz CT molecular complexity index is 869. The SMILES string of the molecule is Cc1cccc(-c2nc(COCC3CCCC(NC(=O)C4CCCCC4)C3)c(C)o2)c1. The van der Waals surface area contributed by atoms with Crippen LogP contribution in [0.3, 0.4) is 0 Å². The van der Waals surface area contributed by atoms with Gasteiger partial charge in [0.05, 0.1) is 6.61 Å². The van der Waals surface area contributed by atoms with Gasteiger partial charge >= 0.3 is 0 Å². The number of aromatic nitrogens is 1. The van der Waals surface area contributed by atoms with Crippen LogP contribution in [0, 0.1) is 25.7 Å². The number of carbonyl (C=O) groups excluding carboxylic acids is 1. The van der Waals surface area contributed by atoms with Gasteiger partial charge in [0, 0.05) is 24.1 Å². The van der Waals surface area contributed by atoms with Crippen molar-refractivity contribution in [3.63, 3.8) is 0 Å². The lowest BCUT2D eigenvalue weighted by atomic mass is 9.84. The number of nitrogens with one attached hydrogen (secondary N) is 1. The summed E-state index contributed by atoms with van der Waals surface area (Å²) >= 11 is 0. The van der Waals surface area contributed by atoms with Crippen LogP contribution in [0.5, 0.6) is 0 Å². The van der Waals surface area contributed by atoms with E-state index in [1.807, 2.05) is 19.1 Å². The van der Waals surface area contributed by atoms with Crippen LogP contribution in [0.25, 0.3) is 11.5 Å². The highest BCUT2D eigenvalue weighted by atomic mass is 16.5. The third kappa shape index (κ3) is 5.97. The molecule has 0 radical (unpaired) electrons. The second-order valence-corrected chi connectivity index (χ2v) is 9.48. The summed E-state index contributed by atoms with van der Waals surface area (Å²) in [6.07, 6.45) is 10.2. The highest BCUT2D eigenvalue weighted by Gasteiger charge is 2.27. The van der Waals surface area contributed by atoms with Crippen LogP contribution in [0.1, 0.15) is 74.8 Å². The smallest absolute Gasteiger partial charge is 0.226 e. The van der Waals surface area contributed by atoms with Crippen molar-refractivity contribution < 1.29 is 13.9 Å². The number of benzene rings is 1. The number of hydrogen-bond acceptors (Lipinski definition) is 4. The van der Waals surface area contributed by atoms with Crippen LogP contribution in [0.2, 0.25) is 0 Å². The Labute approximate surface area is 186 Å².